The number of hydrogen-bond acceptors (Lipinski definition) is 5. The molecule has 0 atom stereocenters. The van der Waals surface area contributed by atoms with Crippen LogP contribution in [0.25, 0.3) is 10.2 Å². The van der Waals surface area contributed by atoms with E-state index in [9.17, 15) is 13.2 Å². The second-order valence-electron chi connectivity index (χ2n) is 4.87. The summed E-state index contributed by atoms with van der Waals surface area (Å²) in [5.41, 5.74) is -0.122. The lowest BCUT2D eigenvalue weighted by Gasteiger charge is -2.06. The number of aromatic nitrogens is 2. The summed E-state index contributed by atoms with van der Waals surface area (Å²) in [7, 11) is -3.31. The van der Waals surface area contributed by atoms with Crippen LogP contribution in [-0.2, 0) is 16.4 Å². The summed E-state index contributed by atoms with van der Waals surface area (Å²) in [5, 5.41) is 2.40. The fourth-order valence-electron chi connectivity index (χ4n) is 2.22. The van der Waals surface area contributed by atoms with Gasteiger partial charge in [-0.15, -0.1) is 11.3 Å². The molecule has 3 rings (SSSR count). The molecule has 0 bridgehead atoms. The van der Waals surface area contributed by atoms with Gasteiger partial charge in [0.15, 0.2) is 9.84 Å². The Morgan fingerprint density at radius 2 is 1.91 bits per heavy atom. The molecule has 2 heterocycles. The molecule has 5 nitrogen and oxygen atoms in total. The first-order valence-corrected chi connectivity index (χ1v) is 9.31. The van der Waals surface area contributed by atoms with Crippen LogP contribution in [0.4, 0.5) is 0 Å². The third-order valence-corrected chi connectivity index (χ3v) is 6.00. The van der Waals surface area contributed by atoms with Gasteiger partial charge in [-0.2, -0.15) is 0 Å². The maximum absolute atomic E-state index is 12.2. The van der Waals surface area contributed by atoms with E-state index < -0.39 is 9.84 Å². The lowest BCUT2D eigenvalue weighted by molar-refractivity contribution is 0.583. The second-order valence-corrected chi connectivity index (χ2v) is 7.87. The molecule has 114 valence electrons. The van der Waals surface area contributed by atoms with E-state index in [0.29, 0.717) is 28.1 Å². The number of sulfone groups is 1. The number of aryl methyl sites for hydroxylation is 1. The van der Waals surface area contributed by atoms with Gasteiger partial charge in [0.05, 0.1) is 22.4 Å². The van der Waals surface area contributed by atoms with Gasteiger partial charge < -0.3 is 0 Å². The van der Waals surface area contributed by atoms with Gasteiger partial charge in [0.2, 0.25) is 0 Å². The Hall–Kier alpha value is -1.99. The number of hydrogen-bond donors (Lipinski definition) is 0. The van der Waals surface area contributed by atoms with E-state index >= 15 is 0 Å². The molecule has 1 aromatic carbocycles. The Bertz CT molecular complexity index is 944. The second kappa shape index (κ2) is 6.02. The van der Waals surface area contributed by atoms with Crippen molar-refractivity contribution < 1.29 is 8.42 Å². The van der Waals surface area contributed by atoms with Gasteiger partial charge in [0.1, 0.15) is 4.83 Å². The SMILES string of the molecule is O=c1c2ccsc2ncn1CCCS(=O)(=O)c1ccccc1. The first-order chi connectivity index (χ1) is 10.6. The smallest absolute Gasteiger partial charge is 0.262 e. The van der Waals surface area contributed by atoms with Crippen molar-refractivity contribution >= 4 is 31.4 Å². The molecule has 0 amide bonds. The highest BCUT2D eigenvalue weighted by atomic mass is 32.2. The van der Waals surface area contributed by atoms with Gasteiger partial charge in [-0.05, 0) is 30.0 Å². The fraction of sp³-hybridized carbons (Fsp3) is 0.200. The van der Waals surface area contributed by atoms with Gasteiger partial charge >= 0.3 is 0 Å². The standard InChI is InChI=1S/C15H14N2O3S2/c18-15-13-7-9-21-14(13)16-11-17(15)8-4-10-22(19,20)12-5-2-1-3-6-12/h1-3,5-7,9,11H,4,8,10H2. The van der Waals surface area contributed by atoms with E-state index in [4.69, 9.17) is 0 Å². The minimum atomic E-state index is -3.31. The molecule has 2 aromatic heterocycles. The molecule has 22 heavy (non-hydrogen) atoms. The molecular weight excluding hydrogens is 320 g/mol. The van der Waals surface area contributed by atoms with Crippen molar-refractivity contribution in [2.45, 2.75) is 17.9 Å². The quantitative estimate of drug-likeness (QED) is 0.718. The van der Waals surface area contributed by atoms with Crippen LogP contribution in [-0.4, -0.2) is 23.7 Å². The zero-order valence-electron chi connectivity index (χ0n) is 11.7. The van der Waals surface area contributed by atoms with Crippen LogP contribution in [0.2, 0.25) is 0 Å². The molecule has 0 fully saturated rings. The van der Waals surface area contributed by atoms with Crippen molar-refractivity contribution in [2.75, 3.05) is 5.75 Å². The third kappa shape index (κ3) is 2.95. The first kappa shape index (κ1) is 14.9. The molecule has 0 unspecified atom stereocenters. The van der Waals surface area contributed by atoms with Crippen LogP contribution in [0.5, 0.6) is 0 Å². The van der Waals surface area contributed by atoms with Crippen molar-refractivity contribution in [3.63, 3.8) is 0 Å². The van der Waals surface area contributed by atoms with E-state index in [-0.39, 0.29) is 11.3 Å². The van der Waals surface area contributed by atoms with Gasteiger partial charge in [0, 0.05) is 6.54 Å². The Kier molecular flexibility index (Phi) is 4.08. The topological polar surface area (TPSA) is 69.0 Å². The maximum atomic E-state index is 12.2. The van der Waals surface area contributed by atoms with Crippen LogP contribution in [0.15, 0.2) is 57.8 Å². The van der Waals surface area contributed by atoms with Gasteiger partial charge in [0.25, 0.3) is 5.56 Å². The summed E-state index contributed by atoms with van der Waals surface area (Å²) in [6, 6.07) is 10.1. The summed E-state index contributed by atoms with van der Waals surface area (Å²) < 4.78 is 25.8. The van der Waals surface area contributed by atoms with E-state index in [1.807, 2.05) is 5.38 Å². The van der Waals surface area contributed by atoms with Crippen molar-refractivity contribution in [3.8, 4) is 0 Å². The van der Waals surface area contributed by atoms with Gasteiger partial charge in [-0.3, -0.25) is 9.36 Å². The average molecular weight is 334 g/mol. The zero-order chi connectivity index (χ0) is 15.6. The highest BCUT2D eigenvalue weighted by Crippen LogP contribution is 2.14. The van der Waals surface area contributed by atoms with Crippen molar-refractivity contribution in [1.29, 1.82) is 0 Å². The number of rotatable bonds is 5. The first-order valence-electron chi connectivity index (χ1n) is 6.78. The molecule has 0 aliphatic carbocycles. The number of fused-ring (bicyclic) bond motifs is 1. The van der Waals surface area contributed by atoms with Crippen molar-refractivity contribution in [2.24, 2.45) is 0 Å². The molecule has 0 N–H and O–H groups in total. The summed E-state index contributed by atoms with van der Waals surface area (Å²) in [4.78, 5) is 17.4. The van der Waals surface area contributed by atoms with Crippen LogP contribution in [0.1, 0.15) is 6.42 Å². The normalized spacial score (nSPS) is 11.8. The summed E-state index contributed by atoms with van der Waals surface area (Å²) in [6.45, 7) is 0.337. The third-order valence-electron chi connectivity index (χ3n) is 3.36. The predicted molar refractivity (Wildman–Crippen MR) is 87.0 cm³/mol. The largest absolute Gasteiger partial charge is 0.299 e. The molecule has 7 heteroatoms. The van der Waals surface area contributed by atoms with Crippen LogP contribution >= 0.6 is 11.3 Å². The number of thiophene rings is 1. The summed E-state index contributed by atoms with van der Waals surface area (Å²) >= 11 is 1.42. The Labute approximate surface area is 131 Å². The molecule has 0 saturated carbocycles. The van der Waals surface area contributed by atoms with Crippen molar-refractivity contribution in [1.82, 2.24) is 9.55 Å². The predicted octanol–water partition coefficient (Wildman–Crippen LogP) is 2.32. The highest BCUT2D eigenvalue weighted by molar-refractivity contribution is 7.91. The Balaban J connectivity index is 1.72. The van der Waals surface area contributed by atoms with Crippen molar-refractivity contribution in [3.05, 3.63) is 58.5 Å². The fourth-order valence-corrected chi connectivity index (χ4v) is 4.26. The van der Waals surface area contributed by atoms with Crippen LogP contribution < -0.4 is 5.56 Å². The number of benzene rings is 1. The van der Waals surface area contributed by atoms with E-state index in [0.717, 1.165) is 0 Å². The molecule has 3 aromatic rings. The van der Waals surface area contributed by atoms with Crippen LogP contribution in [0, 0.1) is 0 Å². The molecule has 0 aliphatic rings. The highest BCUT2D eigenvalue weighted by Gasteiger charge is 2.13. The Morgan fingerprint density at radius 3 is 2.68 bits per heavy atom. The van der Waals surface area contributed by atoms with Gasteiger partial charge in [-0.25, -0.2) is 13.4 Å². The summed E-state index contributed by atoms with van der Waals surface area (Å²) in [6.07, 6.45) is 1.85. The molecule has 0 radical (unpaired) electrons. The molecule has 0 saturated heterocycles. The Morgan fingerprint density at radius 1 is 1.14 bits per heavy atom. The zero-order valence-corrected chi connectivity index (χ0v) is 13.3. The molecular formula is C15H14N2O3S2. The minimum absolute atomic E-state index is 0.00509. The van der Waals surface area contributed by atoms with E-state index in [1.165, 1.54) is 22.2 Å². The maximum Gasteiger partial charge on any atom is 0.262 e. The average Bonchev–Trinajstić information content (AvgIpc) is 3.00. The van der Waals surface area contributed by atoms with E-state index in [2.05, 4.69) is 4.98 Å². The lowest BCUT2D eigenvalue weighted by atomic mass is 10.4. The summed E-state index contributed by atoms with van der Waals surface area (Å²) in [5.74, 6) is 0.00509. The number of nitrogens with zero attached hydrogens (tertiary/aromatic N) is 2. The monoisotopic (exact) mass is 334 g/mol. The van der Waals surface area contributed by atoms with Crippen LogP contribution in [0.3, 0.4) is 0 Å². The minimum Gasteiger partial charge on any atom is -0.299 e. The van der Waals surface area contributed by atoms with E-state index in [1.54, 1.807) is 36.4 Å². The lowest BCUT2D eigenvalue weighted by Crippen LogP contribution is -2.21. The van der Waals surface area contributed by atoms with Gasteiger partial charge in [-0.1, -0.05) is 18.2 Å². The molecule has 0 spiro atoms. The molecule has 0 aliphatic heterocycles.